The Morgan fingerprint density at radius 2 is 1.31 bits per heavy atom. The van der Waals surface area contributed by atoms with Crippen molar-refractivity contribution in [2.24, 2.45) is 0 Å². The van der Waals surface area contributed by atoms with E-state index < -0.39 is 0 Å². The number of phenolic OH excluding ortho intramolecular Hbond substituents is 1. The molecular formula is C44H36N3OPt-. The molecule has 0 spiro atoms. The van der Waals surface area contributed by atoms with Gasteiger partial charge >= 0.3 is 0 Å². The van der Waals surface area contributed by atoms with Crippen molar-refractivity contribution in [2.45, 2.75) is 39.5 Å². The van der Waals surface area contributed by atoms with Crippen LogP contribution in [0.5, 0.6) is 5.75 Å². The molecule has 0 radical (unpaired) electrons. The fraction of sp³-hybridized carbons (Fsp3) is 0.136. The number of rotatable bonds is 6. The SMILES string of the molecule is CC(C)c1cc(C(C)C)cc(-n2c(-c3[c-]cccc3)nc3c(-c4nc(-c5cc6ccccc6cc5O)cc5ccccc45)cccc32)c1.[Pt]. The summed E-state index contributed by atoms with van der Waals surface area (Å²) in [5, 5.41) is 15.3. The Hall–Kier alpha value is -5.05. The summed E-state index contributed by atoms with van der Waals surface area (Å²) in [5.41, 5.74) is 9.65. The molecule has 6 aromatic carbocycles. The van der Waals surface area contributed by atoms with Crippen molar-refractivity contribution in [1.82, 2.24) is 14.5 Å². The Morgan fingerprint density at radius 1 is 0.633 bits per heavy atom. The second-order valence-corrected chi connectivity index (χ2v) is 13.2. The number of nitrogens with zero attached hydrogens (tertiary/aromatic N) is 3. The van der Waals surface area contributed by atoms with Crippen LogP contribution in [-0.2, 0) is 21.1 Å². The van der Waals surface area contributed by atoms with Gasteiger partial charge in [0.1, 0.15) is 5.75 Å². The van der Waals surface area contributed by atoms with Crippen molar-refractivity contribution in [3.8, 4) is 45.3 Å². The van der Waals surface area contributed by atoms with Gasteiger partial charge in [-0.05, 0) is 75.5 Å². The smallest absolute Gasteiger partial charge is 0.125 e. The predicted molar refractivity (Wildman–Crippen MR) is 199 cm³/mol. The van der Waals surface area contributed by atoms with E-state index in [0.717, 1.165) is 60.9 Å². The molecule has 0 unspecified atom stereocenters. The summed E-state index contributed by atoms with van der Waals surface area (Å²) in [6, 6.07) is 47.1. The van der Waals surface area contributed by atoms with Gasteiger partial charge in [-0.3, -0.25) is 4.98 Å². The van der Waals surface area contributed by atoms with E-state index in [-0.39, 0.29) is 26.8 Å². The van der Waals surface area contributed by atoms with Crippen molar-refractivity contribution in [3.05, 3.63) is 145 Å². The maximum absolute atomic E-state index is 11.2. The quantitative estimate of drug-likeness (QED) is 0.170. The van der Waals surface area contributed by atoms with Crippen LogP contribution in [0.4, 0.5) is 0 Å². The molecule has 244 valence electrons. The van der Waals surface area contributed by atoms with Crippen molar-refractivity contribution < 1.29 is 26.2 Å². The van der Waals surface area contributed by atoms with E-state index in [2.05, 4.69) is 111 Å². The Morgan fingerprint density at radius 3 is 2.00 bits per heavy atom. The molecule has 0 fully saturated rings. The molecule has 0 aliphatic rings. The fourth-order valence-electron chi connectivity index (χ4n) is 6.70. The molecule has 0 saturated heterocycles. The number of imidazole rings is 1. The zero-order valence-electron chi connectivity index (χ0n) is 27.9. The fourth-order valence-corrected chi connectivity index (χ4v) is 6.70. The van der Waals surface area contributed by atoms with Crippen molar-refractivity contribution in [1.29, 1.82) is 0 Å². The average Bonchev–Trinajstić information content (AvgIpc) is 3.51. The minimum absolute atomic E-state index is 0. The summed E-state index contributed by atoms with van der Waals surface area (Å²) in [7, 11) is 0. The van der Waals surface area contributed by atoms with Crippen LogP contribution in [0.1, 0.15) is 50.7 Å². The molecule has 8 aromatic rings. The van der Waals surface area contributed by atoms with E-state index in [1.165, 1.54) is 11.1 Å². The van der Waals surface area contributed by atoms with E-state index in [1.807, 2.05) is 54.6 Å². The summed E-state index contributed by atoms with van der Waals surface area (Å²) >= 11 is 0. The van der Waals surface area contributed by atoms with Gasteiger partial charge in [0.25, 0.3) is 0 Å². The molecule has 0 saturated carbocycles. The monoisotopic (exact) mass is 817 g/mol. The normalized spacial score (nSPS) is 11.6. The van der Waals surface area contributed by atoms with Gasteiger partial charge < -0.3 is 9.67 Å². The number of aromatic hydroxyl groups is 1. The first-order valence-electron chi connectivity index (χ1n) is 16.6. The van der Waals surface area contributed by atoms with Crippen molar-refractivity contribution in [2.75, 3.05) is 0 Å². The maximum Gasteiger partial charge on any atom is 0.125 e. The second kappa shape index (κ2) is 13.1. The Balaban J connectivity index is 0.00000378. The van der Waals surface area contributed by atoms with Crippen molar-refractivity contribution in [3.63, 3.8) is 0 Å². The molecule has 0 amide bonds. The van der Waals surface area contributed by atoms with Crippen LogP contribution in [-0.4, -0.2) is 19.6 Å². The zero-order valence-corrected chi connectivity index (χ0v) is 30.2. The van der Waals surface area contributed by atoms with E-state index in [4.69, 9.17) is 9.97 Å². The third kappa shape index (κ3) is 5.85. The van der Waals surface area contributed by atoms with Crippen LogP contribution in [0.3, 0.4) is 0 Å². The molecule has 0 atom stereocenters. The van der Waals surface area contributed by atoms with Gasteiger partial charge in [0, 0.05) is 43.3 Å². The number of hydrogen-bond acceptors (Lipinski definition) is 3. The summed E-state index contributed by atoms with van der Waals surface area (Å²) in [5.74, 6) is 1.80. The minimum Gasteiger partial charge on any atom is -0.507 e. The average molecular weight is 818 g/mol. The number of phenols is 1. The van der Waals surface area contributed by atoms with Gasteiger partial charge in [-0.2, -0.15) is 0 Å². The third-order valence-electron chi connectivity index (χ3n) is 9.32. The Kier molecular flexibility index (Phi) is 8.69. The molecule has 2 heterocycles. The molecule has 5 heteroatoms. The summed E-state index contributed by atoms with van der Waals surface area (Å²) in [6.45, 7) is 8.99. The Labute approximate surface area is 301 Å². The first-order chi connectivity index (χ1) is 23.4. The number of aromatic nitrogens is 3. The van der Waals surface area contributed by atoms with Crippen molar-refractivity contribution >= 4 is 32.6 Å². The molecule has 49 heavy (non-hydrogen) atoms. The minimum atomic E-state index is 0. The molecule has 4 nitrogen and oxygen atoms in total. The van der Waals surface area contributed by atoms with E-state index in [0.29, 0.717) is 23.1 Å². The van der Waals surface area contributed by atoms with Crippen LogP contribution < -0.4 is 0 Å². The number of hydrogen-bond donors (Lipinski definition) is 1. The largest absolute Gasteiger partial charge is 0.507 e. The number of benzene rings is 6. The maximum atomic E-state index is 11.2. The number of fused-ring (bicyclic) bond motifs is 3. The topological polar surface area (TPSA) is 50.9 Å². The van der Waals surface area contributed by atoms with Gasteiger partial charge in [0.05, 0.1) is 28.2 Å². The van der Waals surface area contributed by atoms with Crippen LogP contribution in [0.15, 0.2) is 127 Å². The van der Waals surface area contributed by atoms with Gasteiger partial charge in [-0.1, -0.05) is 94.4 Å². The van der Waals surface area contributed by atoms with Gasteiger partial charge in [-0.15, -0.1) is 35.9 Å². The van der Waals surface area contributed by atoms with Gasteiger partial charge in [-0.25, -0.2) is 4.98 Å². The number of para-hydroxylation sites is 1. The molecule has 0 bridgehead atoms. The summed E-state index contributed by atoms with van der Waals surface area (Å²) < 4.78 is 2.28. The van der Waals surface area contributed by atoms with Gasteiger partial charge in [0.15, 0.2) is 0 Å². The first-order valence-corrected chi connectivity index (χ1v) is 16.6. The van der Waals surface area contributed by atoms with Crippen LogP contribution in [0.2, 0.25) is 0 Å². The summed E-state index contributed by atoms with van der Waals surface area (Å²) in [6.07, 6.45) is 0. The van der Waals surface area contributed by atoms with Gasteiger partial charge in [0.2, 0.25) is 0 Å². The molecule has 0 aliphatic heterocycles. The predicted octanol–water partition coefficient (Wildman–Crippen LogP) is 11.5. The van der Waals surface area contributed by atoms with Crippen LogP contribution in [0.25, 0.3) is 72.2 Å². The molecule has 8 rings (SSSR count). The van der Waals surface area contributed by atoms with Crippen LogP contribution in [0, 0.1) is 6.07 Å². The number of pyridine rings is 1. The molecule has 2 aromatic heterocycles. The Bertz CT molecular complexity index is 2450. The van der Waals surface area contributed by atoms with Crippen LogP contribution >= 0.6 is 0 Å². The van der Waals surface area contributed by atoms with E-state index >= 15 is 0 Å². The standard InChI is InChI=1S/C44H36N3O.Pt/c1-27(2)33-21-34(28(3)4)23-35(22-33)47-40-20-12-19-37(43(40)46-44(47)29-13-6-5-7-14-29)42-36-18-11-10-17-32(36)25-39(45-42)38-24-30-15-8-9-16-31(30)26-41(38)48;/h5-13,15-28,48H,1-4H3;/q-1;. The summed E-state index contributed by atoms with van der Waals surface area (Å²) in [4.78, 5) is 10.7. The zero-order chi connectivity index (χ0) is 32.9. The third-order valence-corrected chi connectivity index (χ3v) is 9.32. The molecule has 0 aliphatic carbocycles. The van der Waals surface area contributed by atoms with E-state index in [9.17, 15) is 5.11 Å². The molecule has 1 N–H and O–H groups in total. The van der Waals surface area contributed by atoms with E-state index in [1.54, 1.807) is 0 Å². The first kappa shape index (κ1) is 32.5. The second-order valence-electron chi connectivity index (χ2n) is 13.2. The molecular weight excluding hydrogens is 782 g/mol.